The topological polar surface area (TPSA) is 128 Å². The van der Waals surface area contributed by atoms with E-state index in [0.29, 0.717) is 39.2 Å². The summed E-state index contributed by atoms with van der Waals surface area (Å²) in [7, 11) is 4.47. The van der Waals surface area contributed by atoms with E-state index in [1.165, 1.54) is 50.5 Å². The number of nitrogens with one attached hydrogen (secondary N) is 3. The van der Waals surface area contributed by atoms with Crippen LogP contribution in [0.15, 0.2) is 88.9 Å². The molecule has 3 aromatic carbocycles. The van der Waals surface area contributed by atoms with E-state index in [-0.39, 0.29) is 17.4 Å². The van der Waals surface area contributed by atoms with Gasteiger partial charge in [-0.1, -0.05) is 24.3 Å². The first-order valence-corrected chi connectivity index (χ1v) is 14.4. The summed E-state index contributed by atoms with van der Waals surface area (Å²) in [6.45, 7) is 0. The third kappa shape index (κ3) is 8.12. The maximum Gasteiger partial charge on any atom is 0.272 e. The fourth-order valence-corrected chi connectivity index (χ4v) is 5.05. The number of thiazole rings is 1. The van der Waals surface area contributed by atoms with Crippen LogP contribution in [-0.2, 0) is 9.59 Å². The standard InChI is InChI=1S/C30H28N4O6S2/c1-38-24-15-19(16-25(39-2)27(24)40-3)14-23(33-28(36)20-8-5-4-6-9-20)29(37)32-21-10-7-11-22(17-21)42-18-26(35)34-30-31-12-13-41-30/h4-17H,18H2,1-3H3,(H,32,37)(H,33,36)(H,31,34,35)/b23-14+. The summed E-state index contributed by atoms with van der Waals surface area (Å²) in [6.07, 6.45) is 3.13. The molecule has 0 unspecified atom stereocenters. The number of thioether (sulfide) groups is 1. The molecule has 0 fully saturated rings. The Kier molecular flexibility index (Phi) is 10.6. The zero-order chi connectivity index (χ0) is 29.9. The Morgan fingerprint density at radius 3 is 2.29 bits per heavy atom. The summed E-state index contributed by atoms with van der Waals surface area (Å²) < 4.78 is 16.3. The van der Waals surface area contributed by atoms with Crippen molar-refractivity contribution in [2.75, 3.05) is 37.7 Å². The number of amides is 3. The lowest BCUT2D eigenvalue weighted by molar-refractivity contribution is -0.114. The molecule has 0 atom stereocenters. The van der Waals surface area contributed by atoms with E-state index in [1.807, 2.05) is 6.07 Å². The summed E-state index contributed by atoms with van der Waals surface area (Å²) in [4.78, 5) is 43.6. The van der Waals surface area contributed by atoms with Crippen molar-refractivity contribution in [3.8, 4) is 17.2 Å². The van der Waals surface area contributed by atoms with Gasteiger partial charge in [0, 0.05) is 27.7 Å². The number of nitrogens with zero attached hydrogens (tertiary/aromatic N) is 1. The highest BCUT2D eigenvalue weighted by Crippen LogP contribution is 2.38. The fourth-order valence-electron chi connectivity index (χ4n) is 3.75. The molecule has 3 amide bonds. The van der Waals surface area contributed by atoms with Crippen LogP contribution in [0.2, 0.25) is 0 Å². The van der Waals surface area contributed by atoms with E-state index < -0.39 is 11.8 Å². The average Bonchev–Trinajstić information content (AvgIpc) is 3.52. The number of carbonyl (C=O) groups excluding carboxylic acids is 3. The van der Waals surface area contributed by atoms with Crippen LogP contribution in [0.4, 0.5) is 10.8 Å². The number of aromatic nitrogens is 1. The van der Waals surface area contributed by atoms with Gasteiger partial charge in [-0.15, -0.1) is 23.1 Å². The fraction of sp³-hybridized carbons (Fsp3) is 0.133. The molecule has 0 saturated heterocycles. The summed E-state index contributed by atoms with van der Waals surface area (Å²) in [5.74, 6) is 0.129. The normalized spacial score (nSPS) is 10.9. The Balaban J connectivity index is 1.56. The maximum absolute atomic E-state index is 13.5. The summed E-state index contributed by atoms with van der Waals surface area (Å²) in [5, 5.41) is 10.6. The predicted octanol–water partition coefficient (Wildman–Crippen LogP) is 5.31. The van der Waals surface area contributed by atoms with Crippen molar-refractivity contribution in [2.45, 2.75) is 4.90 Å². The molecular weight excluding hydrogens is 576 g/mol. The number of carbonyl (C=O) groups is 3. The van der Waals surface area contributed by atoms with E-state index in [4.69, 9.17) is 14.2 Å². The first-order chi connectivity index (χ1) is 20.4. The number of rotatable bonds is 12. The lowest BCUT2D eigenvalue weighted by Crippen LogP contribution is -2.30. The summed E-state index contributed by atoms with van der Waals surface area (Å²) in [5.41, 5.74) is 1.38. The zero-order valence-corrected chi connectivity index (χ0v) is 24.6. The number of ether oxygens (including phenoxy) is 3. The number of hydrogen-bond acceptors (Lipinski definition) is 9. The molecular formula is C30H28N4O6S2. The molecule has 1 heterocycles. The molecule has 3 N–H and O–H groups in total. The van der Waals surface area contributed by atoms with Crippen LogP contribution in [-0.4, -0.2) is 49.8 Å². The Morgan fingerprint density at radius 2 is 1.64 bits per heavy atom. The second-order valence-electron chi connectivity index (χ2n) is 8.49. The molecule has 0 spiro atoms. The van der Waals surface area contributed by atoms with Crippen LogP contribution in [0.1, 0.15) is 15.9 Å². The molecule has 4 aromatic rings. The highest BCUT2D eigenvalue weighted by atomic mass is 32.2. The second-order valence-corrected chi connectivity index (χ2v) is 10.4. The molecule has 12 heteroatoms. The van der Waals surface area contributed by atoms with E-state index >= 15 is 0 Å². The van der Waals surface area contributed by atoms with E-state index in [0.717, 1.165) is 4.90 Å². The van der Waals surface area contributed by atoms with Crippen LogP contribution >= 0.6 is 23.1 Å². The van der Waals surface area contributed by atoms with Crippen molar-refractivity contribution >= 4 is 57.7 Å². The van der Waals surface area contributed by atoms with Crippen molar-refractivity contribution in [3.63, 3.8) is 0 Å². The molecule has 0 radical (unpaired) electrons. The van der Waals surface area contributed by atoms with Gasteiger partial charge in [0.1, 0.15) is 5.70 Å². The quantitative estimate of drug-likeness (QED) is 0.147. The third-order valence-corrected chi connectivity index (χ3v) is 7.35. The van der Waals surface area contributed by atoms with Crippen LogP contribution in [0.5, 0.6) is 17.2 Å². The van der Waals surface area contributed by atoms with Crippen LogP contribution < -0.4 is 30.2 Å². The average molecular weight is 605 g/mol. The Hall–Kier alpha value is -4.81. The zero-order valence-electron chi connectivity index (χ0n) is 23.0. The van der Waals surface area contributed by atoms with Gasteiger partial charge in [0.25, 0.3) is 11.8 Å². The number of methoxy groups -OCH3 is 3. The molecule has 0 aliphatic carbocycles. The molecule has 0 aliphatic rings. The molecule has 42 heavy (non-hydrogen) atoms. The van der Waals surface area contributed by atoms with Crippen LogP contribution in [0.25, 0.3) is 6.08 Å². The Labute approximate surface area is 251 Å². The van der Waals surface area contributed by atoms with Crippen molar-refractivity contribution in [2.24, 2.45) is 0 Å². The number of anilines is 2. The van der Waals surface area contributed by atoms with Crippen LogP contribution in [0, 0.1) is 0 Å². The van der Waals surface area contributed by atoms with Gasteiger partial charge < -0.3 is 30.2 Å². The number of hydrogen-bond donors (Lipinski definition) is 3. The smallest absolute Gasteiger partial charge is 0.272 e. The van der Waals surface area contributed by atoms with Gasteiger partial charge in [-0.25, -0.2) is 4.98 Å². The maximum atomic E-state index is 13.5. The molecule has 216 valence electrons. The predicted molar refractivity (Wildman–Crippen MR) is 165 cm³/mol. The van der Waals surface area contributed by atoms with Gasteiger partial charge in [0.15, 0.2) is 16.6 Å². The molecule has 4 rings (SSSR count). The van der Waals surface area contributed by atoms with E-state index in [1.54, 1.807) is 72.2 Å². The molecule has 0 saturated carbocycles. The van der Waals surface area contributed by atoms with E-state index in [9.17, 15) is 14.4 Å². The van der Waals surface area contributed by atoms with Crippen molar-refractivity contribution in [3.05, 3.63) is 95.1 Å². The second kappa shape index (κ2) is 14.7. The highest BCUT2D eigenvalue weighted by Gasteiger charge is 2.18. The van der Waals surface area contributed by atoms with Gasteiger partial charge in [0.2, 0.25) is 11.7 Å². The minimum Gasteiger partial charge on any atom is -0.493 e. The van der Waals surface area contributed by atoms with Gasteiger partial charge in [-0.05, 0) is 54.1 Å². The van der Waals surface area contributed by atoms with E-state index in [2.05, 4.69) is 20.9 Å². The SMILES string of the molecule is COc1cc(/C=C(/NC(=O)c2ccccc2)C(=O)Nc2cccc(SCC(=O)Nc3nccs3)c2)cc(OC)c1OC. The summed E-state index contributed by atoms with van der Waals surface area (Å²) >= 11 is 2.65. The Bertz CT molecular complexity index is 1550. The van der Waals surface area contributed by atoms with Crippen molar-refractivity contribution in [1.29, 1.82) is 0 Å². The third-order valence-electron chi connectivity index (χ3n) is 5.67. The van der Waals surface area contributed by atoms with Gasteiger partial charge >= 0.3 is 0 Å². The Morgan fingerprint density at radius 1 is 0.905 bits per heavy atom. The molecule has 0 aliphatic heterocycles. The molecule has 10 nitrogen and oxygen atoms in total. The number of benzene rings is 3. The van der Waals surface area contributed by atoms with Crippen LogP contribution in [0.3, 0.4) is 0 Å². The highest BCUT2D eigenvalue weighted by molar-refractivity contribution is 8.00. The van der Waals surface area contributed by atoms with Crippen molar-refractivity contribution < 1.29 is 28.6 Å². The van der Waals surface area contributed by atoms with Crippen molar-refractivity contribution in [1.82, 2.24) is 10.3 Å². The minimum atomic E-state index is -0.559. The minimum absolute atomic E-state index is 0.0148. The van der Waals surface area contributed by atoms with Gasteiger partial charge in [-0.3, -0.25) is 14.4 Å². The first-order valence-electron chi connectivity index (χ1n) is 12.5. The monoisotopic (exact) mass is 604 g/mol. The summed E-state index contributed by atoms with van der Waals surface area (Å²) in [6, 6.07) is 18.9. The van der Waals surface area contributed by atoms with Gasteiger partial charge in [-0.2, -0.15) is 0 Å². The molecule has 0 bridgehead atoms. The first kappa shape index (κ1) is 30.2. The lowest BCUT2D eigenvalue weighted by atomic mass is 10.1. The van der Waals surface area contributed by atoms with Gasteiger partial charge in [0.05, 0.1) is 27.1 Å². The molecule has 1 aromatic heterocycles. The largest absolute Gasteiger partial charge is 0.493 e. The lowest BCUT2D eigenvalue weighted by Gasteiger charge is -2.15.